The van der Waals surface area contributed by atoms with Gasteiger partial charge in [0.15, 0.2) is 0 Å². The zero-order valence-corrected chi connectivity index (χ0v) is 8.82. The van der Waals surface area contributed by atoms with Gasteiger partial charge in [0.1, 0.15) is 0 Å². The highest BCUT2D eigenvalue weighted by molar-refractivity contribution is 9.08. The molecule has 0 amide bonds. The van der Waals surface area contributed by atoms with Crippen LogP contribution in [0.4, 0.5) is 13.2 Å². The van der Waals surface area contributed by atoms with Crippen LogP contribution < -0.4 is 4.74 Å². The van der Waals surface area contributed by atoms with E-state index in [1.54, 1.807) is 6.07 Å². The lowest BCUT2D eigenvalue weighted by Crippen LogP contribution is -2.18. The first-order valence-corrected chi connectivity index (χ1v) is 4.82. The van der Waals surface area contributed by atoms with E-state index in [0.717, 1.165) is 5.56 Å². The number of halogens is 4. The van der Waals surface area contributed by atoms with Gasteiger partial charge < -0.3 is 4.74 Å². The molecular weight excluding hydrogens is 263 g/mol. The number of pyridine rings is 1. The van der Waals surface area contributed by atoms with Gasteiger partial charge in [0.05, 0.1) is 0 Å². The molecule has 0 bridgehead atoms. The highest BCUT2D eigenvalue weighted by atomic mass is 79.9. The Morgan fingerprint density at radius 2 is 2.14 bits per heavy atom. The number of rotatable bonds is 2. The monoisotopic (exact) mass is 269 g/mol. The normalized spacial score (nSPS) is 11.5. The van der Waals surface area contributed by atoms with Crippen molar-refractivity contribution in [1.29, 1.82) is 0 Å². The molecule has 0 spiro atoms. The minimum absolute atomic E-state index is 0.390. The number of aromatic nitrogens is 1. The smallest absolute Gasteiger partial charge is 0.388 e. The van der Waals surface area contributed by atoms with Gasteiger partial charge in [-0.3, -0.25) is 0 Å². The molecule has 0 aliphatic carbocycles. The van der Waals surface area contributed by atoms with Gasteiger partial charge in [-0.2, -0.15) is 0 Å². The Kier molecular flexibility index (Phi) is 3.36. The number of alkyl halides is 4. The quantitative estimate of drug-likeness (QED) is 0.770. The molecule has 2 nitrogen and oxygen atoms in total. The molecule has 0 atom stereocenters. The van der Waals surface area contributed by atoms with Crippen LogP contribution in [0.15, 0.2) is 12.3 Å². The van der Waals surface area contributed by atoms with Crippen LogP contribution in [0.2, 0.25) is 0 Å². The maximum Gasteiger partial charge on any atom is 0.574 e. The van der Waals surface area contributed by atoms with Crippen LogP contribution >= 0.6 is 15.9 Å². The molecule has 78 valence electrons. The van der Waals surface area contributed by atoms with Crippen molar-refractivity contribution in [1.82, 2.24) is 4.98 Å². The van der Waals surface area contributed by atoms with E-state index in [4.69, 9.17) is 0 Å². The average Bonchev–Trinajstić information content (AvgIpc) is 2.06. The zero-order valence-electron chi connectivity index (χ0n) is 7.23. The molecule has 0 aromatic carbocycles. The molecule has 0 fully saturated rings. The first-order chi connectivity index (χ1) is 6.44. The maximum absolute atomic E-state index is 11.9. The van der Waals surface area contributed by atoms with E-state index in [2.05, 4.69) is 25.7 Å². The predicted molar refractivity (Wildman–Crippen MR) is 48.3 cm³/mol. The topological polar surface area (TPSA) is 22.1 Å². The van der Waals surface area contributed by atoms with Gasteiger partial charge in [-0.25, -0.2) is 4.98 Å². The predicted octanol–water partition coefficient (Wildman–Crippen LogP) is 3.18. The molecule has 14 heavy (non-hydrogen) atoms. The number of nitrogens with zero attached hydrogens (tertiary/aromatic N) is 1. The van der Waals surface area contributed by atoms with Crippen LogP contribution in [0.25, 0.3) is 0 Å². The Hall–Kier alpha value is -0.780. The SMILES string of the molecule is Cc1c(CBr)ccnc1OC(F)(F)F. The second kappa shape index (κ2) is 4.16. The van der Waals surface area contributed by atoms with Gasteiger partial charge in [-0.05, 0) is 18.6 Å². The fraction of sp³-hybridized carbons (Fsp3) is 0.375. The highest BCUT2D eigenvalue weighted by Gasteiger charge is 2.32. The highest BCUT2D eigenvalue weighted by Crippen LogP contribution is 2.26. The summed E-state index contributed by atoms with van der Waals surface area (Å²) >= 11 is 3.16. The Balaban J connectivity index is 2.98. The van der Waals surface area contributed by atoms with Gasteiger partial charge in [0.25, 0.3) is 0 Å². The van der Waals surface area contributed by atoms with Crippen LogP contribution in [0.1, 0.15) is 11.1 Å². The molecule has 0 unspecified atom stereocenters. The molecule has 0 radical (unpaired) electrons. The van der Waals surface area contributed by atoms with Crippen LogP contribution in [-0.4, -0.2) is 11.3 Å². The number of hydrogen-bond donors (Lipinski definition) is 0. The molecule has 6 heteroatoms. The molecule has 1 aromatic rings. The van der Waals surface area contributed by atoms with Crippen molar-refractivity contribution in [3.63, 3.8) is 0 Å². The lowest BCUT2D eigenvalue weighted by Gasteiger charge is -2.11. The second-order valence-corrected chi connectivity index (χ2v) is 3.14. The average molecular weight is 270 g/mol. The minimum Gasteiger partial charge on any atom is -0.388 e. The standard InChI is InChI=1S/C8H7BrF3NO/c1-5-6(4-9)2-3-13-7(5)14-8(10,11)12/h2-3H,4H2,1H3. The summed E-state index contributed by atoms with van der Waals surface area (Å²) in [5.74, 6) is -0.394. The summed E-state index contributed by atoms with van der Waals surface area (Å²) in [5.41, 5.74) is 1.11. The first-order valence-electron chi connectivity index (χ1n) is 3.70. The fourth-order valence-electron chi connectivity index (χ4n) is 0.911. The maximum atomic E-state index is 11.9. The van der Waals surface area contributed by atoms with Crippen LogP contribution in [0.3, 0.4) is 0 Å². The molecule has 0 saturated carbocycles. The van der Waals surface area contributed by atoms with E-state index >= 15 is 0 Å². The summed E-state index contributed by atoms with van der Waals surface area (Å²) in [6, 6.07) is 1.63. The summed E-state index contributed by atoms with van der Waals surface area (Å²) < 4.78 is 39.4. The van der Waals surface area contributed by atoms with Crippen LogP contribution in [-0.2, 0) is 5.33 Å². The summed E-state index contributed by atoms with van der Waals surface area (Å²) in [6.07, 6.45) is -3.41. The third kappa shape index (κ3) is 2.87. The van der Waals surface area contributed by atoms with Crippen LogP contribution in [0, 0.1) is 6.92 Å². The van der Waals surface area contributed by atoms with Crippen molar-refractivity contribution < 1.29 is 17.9 Å². The Bertz CT molecular complexity index is 327. The van der Waals surface area contributed by atoms with E-state index in [1.807, 2.05) is 0 Å². The second-order valence-electron chi connectivity index (χ2n) is 2.58. The van der Waals surface area contributed by atoms with E-state index < -0.39 is 12.2 Å². The molecule has 0 aliphatic rings. The third-order valence-electron chi connectivity index (χ3n) is 1.63. The zero-order chi connectivity index (χ0) is 10.8. The largest absolute Gasteiger partial charge is 0.574 e. The van der Waals surface area contributed by atoms with E-state index in [1.165, 1.54) is 13.1 Å². The first kappa shape index (κ1) is 11.3. The Morgan fingerprint density at radius 3 is 2.64 bits per heavy atom. The van der Waals surface area contributed by atoms with Crippen molar-refractivity contribution in [2.75, 3.05) is 0 Å². The molecular formula is C8H7BrF3NO. The lowest BCUT2D eigenvalue weighted by molar-refractivity contribution is -0.276. The number of hydrogen-bond acceptors (Lipinski definition) is 2. The van der Waals surface area contributed by atoms with Crippen molar-refractivity contribution in [2.45, 2.75) is 18.6 Å². The summed E-state index contributed by atoms with van der Waals surface area (Å²) in [4.78, 5) is 3.51. The minimum atomic E-state index is -4.69. The van der Waals surface area contributed by atoms with Crippen molar-refractivity contribution in [3.05, 3.63) is 23.4 Å². The molecule has 0 aliphatic heterocycles. The molecule has 1 aromatic heterocycles. The third-order valence-corrected chi connectivity index (χ3v) is 2.23. The van der Waals surface area contributed by atoms with Crippen molar-refractivity contribution >= 4 is 15.9 Å². The fourth-order valence-corrected chi connectivity index (χ4v) is 1.52. The summed E-state index contributed by atoms with van der Waals surface area (Å²) in [7, 11) is 0. The van der Waals surface area contributed by atoms with Gasteiger partial charge in [-0.1, -0.05) is 15.9 Å². The molecule has 1 heterocycles. The van der Waals surface area contributed by atoms with Gasteiger partial charge >= 0.3 is 6.36 Å². The summed E-state index contributed by atoms with van der Waals surface area (Å²) in [5, 5.41) is 0.468. The number of ether oxygens (including phenoxy) is 1. The van der Waals surface area contributed by atoms with Gasteiger partial charge in [-0.15, -0.1) is 13.2 Å². The van der Waals surface area contributed by atoms with E-state index in [9.17, 15) is 13.2 Å². The van der Waals surface area contributed by atoms with Crippen LogP contribution in [0.5, 0.6) is 5.88 Å². The lowest BCUT2D eigenvalue weighted by atomic mass is 10.2. The molecule has 0 N–H and O–H groups in total. The van der Waals surface area contributed by atoms with Gasteiger partial charge in [0, 0.05) is 17.1 Å². The molecule has 1 rings (SSSR count). The van der Waals surface area contributed by atoms with Crippen molar-refractivity contribution in [3.8, 4) is 5.88 Å². The molecule has 0 saturated heterocycles. The summed E-state index contributed by atoms with van der Waals surface area (Å²) in [6.45, 7) is 1.53. The Labute approximate surface area is 87.2 Å². The van der Waals surface area contributed by atoms with Crippen molar-refractivity contribution in [2.24, 2.45) is 0 Å². The van der Waals surface area contributed by atoms with E-state index in [-0.39, 0.29) is 0 Å². The Morgan fingerprint density at radius 1 is 1.50 bits per heavy atom. The van der Waals surface area contributed by atoms with E-state index in [0.29, 0.717) is 10.9 Å². The van der Waals surface area contributed by atoms with Gasteiger partial charge in [0.2, 0.25) is 5.88 Å².